The van der Waals surface area contributed by atoms with Crippen LogP contribution in [0.25, 0.3) is 21.5 Å². The van der Waals surface area contributed by atoms with Crippen molar-refractivity contribution in [1.82, 2.24) is 15.0 Å². The molecule has 28 heteroatoms. The van der Waals surface area contributed by atoms with Crippen LogP contribution in [-0.4, -0.2) is 91.3 Å². The van der Waals surface area contributed by atoms with Crippen LogP contribution < -0.4 is 15.2 Å². The first-order chi connectivity index (χ1) is 33.6. The van der Waals surface area contributed by atoms with E-state index in [1.807, 2.05) is 0 Å². The van der Waals surface area contributed by atoms with Gasteiger partial charge in [0.25, 0.3) is 40.5 Å². The molecule has 0 radical (unpaired) electrons. The number of benzene rings is 6. The predicted octanol–water partition coefficient (Wildman–Crippen LogP) is 8.15. The van der Waals surface area contributed by atoms with Crippen molar-refractivity contribution >= 4 is 108 Å². The lowest BCUT2D eigenvalue weighted by atomic mass is 10.1. The molecule has 1 heterocycles. The van der Waals surface area contributed by atoms with Crippen LogP contribution in [0.2, 0.25) is 10.0 Å². The van der Waals surface area contributed by atoms with Gasteiger partial charge >= 0.3 is 5.69 Å². The second-order valence-corrected chi connectivity index (χ2v) is 22.1. The van der Waals surface area contributed by atoms with Crippen molar-refractivity contribution in [3.05, 3.63) is 128 Å². The number of hydrogen-bond donors (Lipinski definition) is 1. The summed E-state index contributed by atoms with van der Waals surface area (Å²) >= 11 is 13.3. The van der Waals surface area contributed by atoms with Crippen LogP contribution in [0.5, 0.6) is 11.5 Å². The van der Waals surface area contributed by atoms with Gasteiger partial charge in [-0.05, 0) is 48.5 Å². The first kappa shape index (κ1) is 52.5. The van der Waals surface area contributed by atoms with E-state index in [1.54, 1.807) is 0 Å². The maximum Gasteiger partial charge on any atom is 0.348 e. The van der Waals surface area contributed by atoms with Gasteiger partial charge in [-0.3, -0.25) is 21.7 Å². The number of nitrogens with zero attached hydrogens (tertiary/aromatic N) is 6. The highest BCUT2D eigenvalue weighted by Crippen LogP contribution is 2.40. The van der Waals surface area contributed by atoms with E-state index in [-0.39, 0.29) is 110 Å². The van der Waals surface area contributed by atoms with E-state index < -0.39 is 46.2 Å². The number of H-pyrrole nitrogens is 1. The molecule has 0 aliphatic heterocycles. The normalized spacial score (nSPS) is 12.7. The number of fused-ring (bicyclic) bond motifs is 2. The van der Waals surface area contributed by atoms with Crippen molar-refractivity contribution in [3.8, 4) is 11.5 Å². The highest BCUT2D eigenvalue weighted by molar-refractivity contribution is 7.88. The van der Waals surface area contributed by atoms with E-state index in [4.69, 9.17) is 41.0 Å². The number of methoxy groups -OCH3 is 2. The number of hydrogen-bond acceptors (Lipinski definition) is 21. The van der Waals surface area contributed by atoms with Gasteiger partial charge in [-0.25, -0.2) is 9.78 Å². The van der Waals surface area contributed by atoms with Gasteiger partial charge in [-0.2, -0.15) is 48.9 Å². The first-order valence-electron chi connectivity index (χ1n) is 20.0. The molecule has 22 nitrogen and oxygen atoms in total. The Morgan fingerprint density at radius 1 is 0.493 bits per heavy atom. The topological polar surface area (TPSA) is 300 Å². The van der Waals surface area contributed by atoms with Crippen molar-refractivity contribution in [2.75, 3.05) is 42.7 Å². The van der Waals surface area contributed by atoms with Gasteiger partial charge < -0.3 is 9.47 Å². The molecule has 1 N–H and O–H groups in total. The van der Waals surface area contributed by atoms with E-state index >= 15 is 0 Å². The average molecular weight is 1090 g/mol. The molecule has 0 amide bonds. The van der Waals surface area contributed by atoms with Crippen molar-refractivity contribution in [2.45, 2.75) is 32.4 Å². The van der Waals surface area contributed by atoms with Gasteiger partial charge in [0.05, 0.1) is 64.1 Å². The van der Waals surface area contributed by atoms with E-state index in [2.05, 4.69) is 43.8 Å². The Balaban J connectivity index is 1.17. The molecular formula is C43H37Cl2N7O15S4. The van der Waals surface area contributed by atoms with Crippen LogP contribution in [0.15, 0.2) is 130 Å². The number of aromatic nitrogens is 3. The lowest BCUT2D eigenvalue weighted by Gasteiger charge is -2.12. The van der Waals surface area contributed by atoms with Gasteiger partial charge in [0, 0.05) is 57.6 Å². The van der Waals surface area contributed by atoms with Gasteiger partial charge in [0.15, 0.2) is 0 Å². The summed E-state index contributed by atoms with van der Waals surface area (Å²) in [6.07, 6.45) is -0.113. The molecule has 0 saturated heterocycles. The minimum Gasteiger partial charge on any atom is -0.496 e. The van der Waals surface area contributed by atoms with Crippen LogP contribution in [-0.2, 0) is 70.0 Å². The zero-order valence-electron chi connectivity index (χ0n) is 37.7. The molecule has 0 unspecified atom stereocenters. The first-order valence-corrected chi connectivity index (χ1v) is 26.4. The number of aromatic amines is 1. The second kappa shape index (κ2) is 20.8. The molecule has 0 aliphatic carbocycles. The minimum absolute atomic E-state index is 0.0269. The van der Waals surface area contributed by atoms with Gasteiger partial charge in [-0.15, -0.1) is 10.2 Å². The molecule has 71 heavy (non-hydrogen) atoms. The Bertz CT molecular complexity index is 3630. The highest BCUT2D eigenvalue weighted by Gasteiger charge is 2.26. The average Bonchev–Trinajstić information content (AvgIpc) is 3.34. The molecule has 0 aliphatic rings. The standard InChI is InChI=1S/C43H37Cl2N7O15S4/c1-62-35-21-33(51-49-25-17-29-27(39(19-25)70(58,59)66-5)9-7-11-37(29)68(54,55)64-3)31(44)13-23(35)15-41-46-42(48-43(53)47-41)16-24-14-32(45)34(22-36(24)63-2)52-50-26-18-30-28(40(20-26)71(60,61)67-6)10-8-12-38(30)69(56,57)65-4/h7-14,17-22H,15-16H2,1-6H3,(H,46,47,48,53). The third kappa shape index (κ3) is 11.1. The Morgan fingerprint density at radius 3 is 1.31 bits per heavy atom. The number of nitrogens with one attached hydrogen (secondary N) is 1. The molecule has 7 aromatic rings. The van der Waals surface area contributed by atoms with E-state index in [9.17, 15) is 38.5 Å². The predicted molar refractivity (Wildman–Crippen MR) is 257 cm³/mol. The fourth-order valence-electron chi connectivity index (χ4n) is 7.13. The zero-order valence-corrected chi connectivity index (χ0v) is 42.5. The minimum atomic E-state index is -4.38. The quantitative estimate of drug-likeness (QED) is 0.0626. The van der Waals surface area contributed by atoms with Crippen molar-refractivity contribution in [2.24, 2.45) is 20.5 Å². The lowest BCUT2D eigenvalue weighted by Crippen LogP contribution is -2.19. The number of rotatable bonds is 18. The van der Waals surface area contributed by atoms with Gasteiger partial charge in [-0.1, -0.05) is 47.5 Å². The molecule has 0 bridgehead atoms. The van der Waals surface area contributed by atoms with Crippen LogP contribution in [0.3, 0.4) is 0 Å². The summed E-state index contributed by atoms with van der Waals surface area (Å²) in [5, 5.41) is 16.8. The van der Waals surface area contributed by atoms with E-state index in [0.29, 0.717) is 11.1 Å². The molecule has 7 rings (SSSR count). The molecular weight excluding hydrogens is 1050 g/mol. The molecule has 0 spiro atoms. The molecule has 0 atom stereocenters. The molecule has 372 valence electrons. The fraction of sp³-hybridized carbons (Fsp3) is 0.186. The van der Waals surface area contributed by atoms with Crippen LogP contribution in [0, 0.1) is 0 Å². The summed E-state index contributed by atoms with van der Waals surface area (Å²) in [6.45, 7) is 0. The Hall–Kier alpha value is -6.33. The lowest BCUT2D eigenvalue weighted by molar-refractivity contribution is 0.397. The fourth-order valence-corrected chi connectivity index (χ4v) is 11.1. The second-order valence-electron chi connectivity index (χ2n) is 14.6. The van der Waals surface area contributed by atoms with Crippen molar-refractivity contribution in [3.63, 3.8) is 0 Å². The summed E-state index contributed by atoms with van der Waals surface area (Å²) in [4.78, 5) is 22.6. The van der Waals surface area contributed by atoms with Gasteiger partial charge in [0.1, 0.15) is 54.1 Å². The SMILES string of the molecule is COc1cc(N=Nc2cc(S(=O)(=O)OC)c3cccc(S(=O)(=O)OC)c3c2)c(Cl)cc1Cc1nc(Cc2cc(Cl)c(N=Nc3cc(S(=O)(=O)OC)c4cccc(S(=O)(=O)OC)c4c3)cc2OC)[nH]c(=O)n1. The maximum atomic E-state index is 13.0. The smallest absolute Gasteiger partial charge is 0.348 e. The van der Waals surface area contributed by atoms with Gasteiger partial charge in [0.2, 0.25) is 0 Å². The zero-order chi connectivity index (χ0) is 51.6. The van der Waals surface area contributed by atoms with Crippen LogP contribution in [0.4, 0.5) is 22.7 Å². The Kier molecular flexibility index (Phi) is 15.4. The molecule has 0 saturated carbocycles. The van der Waals surface area contributed by atoms with Crippen molar-refractivity contribution in [1.29, 1.82) is 0 Å². The molecule has 0 fully saturated rings. The summed E-state index contributed by atoms with van der Waals surface area (Å²) in [5.74, 6) is 0.663. The summed E-state index contributed by atoms with van der Waals surface area (Å²) < 4.78 is 133. The van der Waals surface area contributed by atoms with Crippen molar-refractivity contribution < 1.29 is 59.9 Å². The third-order valence-electron chi connectivity index (χ3n) is 10.5. The number of halogens is 2. The summed E-state index contributed by atoms with van der Waals surface area (Å²) in [6, 6.07) is 18.8. The Morgan fingerprint density at radius 2 is 0.901 bits per heavy atom. The molecule has 1 aromatic heterocycles. The highest BCUT2D eigenvalue weighted by atomic mass is 35.5. The molecule has 6 aromatic carbocycles. The Labute approximate surface area is 415 Å². The summed E-state index contributed by atoms with van der Waals surface area (Å²) in [7, 11) is -10.8. The summed E-state index contributed by atoms with van der Waals surface area (Å²) in [5.41, 5.74) is 0.0933. The monoisotopic (exact) mass is 1090 g/mol. The number of azo groups is 2. The largest absolute Gasteiger partial charge is 0.496 e. The van der Waals surface area contributed by atoms with E-state index in [1.165, 1.54) is 87.0 Å². The third-order valence-corrected chi connectivity index (χ3v) is 16.4. The van der Waals surface area contributed by atoms with E-state index in [0.717, 1.165) is 40.6 Å². The van der Waals surface area contributed by atoms with Crippen LogP contribution >= 0.6 is 23.2 Å². The van der Waals surface area contributed by atoms with Crippen LogP contribution in [0.1, 0.15) is 22.8 Å². The maximum absolute atomic E-state index is 13.0. The number of ether oxygens (including phenoxy) is 2.